The topological polar surface area (TPSA) is 61.3 Å². The molecule has 3 rings (SSSR count). The average Bonchev–Trinajstić information content (AvgIpc) is 2.61. The maximum atomic E-state index is 10.1. The summed E-state index contributed by atoms with van der Waals surface area (Å²) < 4.78 is 0. The smallest absolute Gasteiger partial charge is 0.151 e. The van der Waals surface area contributed by atoms with E-state index in [1.807, 2.05) is 30.3 Å². The highest BCUT2D eigenvalue weighted by molar-refractivity contribution is 5.38. The molecule has 0 bridgehead atoms. The Morgan fingerprint density at radius 1 is 1.30 bits per heavy atom. The van der Waals surface area contributed by atoms with Gasteiger partial charge < -0.3 is 15.3 Å². The van der Waals surface area contributed by atoms with Crippen molar-refractivity contribution in [2.75, 3.05) is 18.0 Å². The van der Waals surface area contributed by atoms with Crippen molar-refractivity contribution >= 4 is 5.82 Å². The number of anilines is 1. The molecule has 23 heavy (non-hydrogen) atoms. The predicted molar refractivity (Wildman–Crippen MR) is 91.5 cm³/mol. The van der Waals surface area contributed by atoms with Crippen LogP contribution >= 0.6 is 0 Å². The van der Waals surface area contributed by atoms with E-state index in [0.29, 0.717) is 11.8 Å². The molecule has 1 fully saturated rings. The van der Waals surface area contributed by atoms with Crippen LogP contribution in [-0.2, 0) is 0 Å². The Hall–Kier alpha value is -2.14. The Labute approximate surface area is 137 Å². The van der Waals surface area contributed by atoms with Crippen molar-refractivity contribution in [3.05, 3.63) is 48.2 Å². The molecule has 0 amide bonds. The molecule has 122 valence electrons. The molecular formula is C18H24N4O. The lowest BCUT2D eigenvalue weighted by Gasteiger charge is -2.36. The number of nitrogens with zero attached hydrogens (tertiary/aromatic N) is 3. The summed E-state index contributed by atoms with van der Waals surface area (Å²) in [5, 5.41) is 22.0. The average molecular weight is 312 g/mol. The van der Waals surface area contributed by atoms with Gasteiger partial charge in [-0.3, -0.25) is 0 Å². The molecule has 1 aromatic heterocycles. The highest BCUT2D eigenvalue weighted by Gasteiger charge is 2.24. The zero-order valence-electron chi connectivity index (χ0n) is 13.5. The van der Waals surface area contributed by atoms with Crippen LogP contribution in [0.15, 0.2) is 42.6 Å². The lowest BCUT2D eigenvalue weighted by atomic mass is 9.99. The van der Waals surface area contributed by atoms with Gasteiger partial charge >= 0.3 is 0 Å². The summed E-state index contributed by atoms with van der Waals surface area (Å²) in [6, 6.07) is 12.1. The number of aromatic nitrogens is 2. The standard InChI is InChI=1S/C18H24N4O/c1-2-16(15-8-3-4-9-17(15)23)20-14-7-6-12-22(13-14)18-10-5-11-19-21-18/h3-5,8-11,14,16,20,23H,2,6-7,12-13H2,1H3/t14-,16+/m1/s1. The van der Waals surface area contributed by atoms with Gasteiger partial charge in [-0.25, -0.2) is 0 Å². The highest BCUT2D eigenvalue weighted by Crippen LogP contribution is 2.27. The predicted octanol–water partition coefficient (Wildman–Crippen LogP) is 2.89. The number of hydrogen-bond acceptors (Lipinski definition) is 5. The van der Waals surface area contributed by atoms with Gasteiger partial charge in [0.2, 0.25) is 0 Å². The van der Waals surface area contributed by atoms with Gasteiger partial charge in [-0.1, -0.05) is 25.1 Å². The number of piperidine rings is 1. The zero-order valence-corrected chi connectivity index (χ0v) is 13.5. The minimum atomic E-state index is 0.169. The second-order valence-electron chi connectivity index (χ2n) is 6.05. The summed E-state index contributed by atoms with van der Waals surface area (Å²) in [4.78, 5) is 2.28. The first kappa shape index (κ1) is 15.7. The molecule has 2 heterocycles. The minimum absolute atomic E-state index is 0.169. The van der Waals surface area contributed by atoms with E-state index >= 15 is 0 Å². The van der Waals surface area contributed by atoms with Gasteiger partial charge in [0, 0.05) is 36.9 Å². The van der Waals surface area contributed by atoms with Gasteiger partial charge in [0.05, 0.1) is 0 Å². The van der Waals surface area contributed by atoms with Gasteiger partial charge in [0.25, 0.3) is 0 Å². The number of hydrogen-bond donors (Lipinski definition) is 2. The van der Waals surface area contributed by atoms with Crippen molar-refractivity contribution in [2.45, 2.75) is 38.3 Å². The largest absolute Gasteiger partial charge is 0.508 e. The Morgan fingerprint density at radius 2 is 2.17 bits per heavy atom. The minimum Gasteiger partial charge on any atom is -0.508 e. The van der Waals surface area contributed by atoms with Crippen LogP contribution in [-0.4, -0.2) is 34.4 Å². The van der Waals surface area contributed by atoms with E-state index in [4.69, 9.17) is 0 Å². The van der Waals surface area contributed by atoms with Gasteiger partial charge in [0.15, 0.2) is 5.82 Å². The van der Waals surface area contributed by atoms with Crippen molar-refractivity contribution in [1.82, 2.24) is 15.5 Å². The van der Waals surface area contributed by atoms with Gasteiger partial charge in [0.1, 0.15) is 5.75 Å². The summed E-state index contributed by atoms with van der Waals surface area (Å²) in [5.41, 5.74) is 0.978. The van der Waals surface area contributed by atoms with Crippen molar-refractivity contribution in [3.8, 4) is 5.75 Å². The van der Waals surface area contributed by atoms with Gasteiger partial charge in [-0.05, 0) is 37.5 Å². The molecule has 0 saturated carbocycles. The van der Waals surface area contributed by atoms with E-state index in [0.717, 1.165) is 43.7 Å². The molecule has 0 spiro atoms. The van der Waals surface area contributed by atoms with E-state index in [9.17, 15) is 5.11 Å². The number of para-hydroxylation sites is 1. The van der Waals surface area contributed by atoms with Crippen molar-refractivity contribution in [2.24, 2.45) is 0 Å². The first-order valence-corrected chi connectivity index (χ1v) is 8.34. The Balaban J connectivity index is 1.68. The Kier molecular flexibility index (Phi) is 5.08. The van der Waals surface area contributed by atoms with Crippen LogP contribution in [0.3, 0.4) is 0 Å². The van der Waals surface area contributed by atoms with E-state index in [1.165, 1.54) is 0 Å². The van der Waals surface area contributed by atoms with Crippen molar-refractivity contribution in [3.63, 3.8) is 0 Å². The molecule has 0 unspecified atom stereocenters. The molecule has 2 atom stereocenters. The van der Waals surface area contributed by atoms with Crippen LogP contribution in [0.1, 0.15) is 37.8 Å². The SMILES string of the molecule is CC[C@H](N[C@@H]1CCCN(c2cccnn2)C1)c1ccccc1O. The number of phenols is 1. The van der Waals surface area contributed by atoms with E-state index in [-0.39, 0.29) is 6.04 Å². The third-order valence-electron chi connectivity index (χ3n) is 4.46. The van der Waals surface area contributed by atoms with Crippen LogP contribution < -0.4 is 10.2 Å². The maximum Gasteiger partial charge on any atom is 0.151 e. The number of rotatable bonds is 5. The Morgan fingerprint density at radius 3 is 2.91 bits per heavy atom. The fourth-order valence-electron chi connectivity index (χ4n) is 3.28. The highest BCUT2D eigenvalue weighted by atomic mass is 16.3. The Bertz CT molecular complexity index is 619. The monoisotopic (exact) mass is 312 g/mol. The van der Waals surface area contributed by atoms with Crippen LogP contribution in [0.2, 0.25) is 0 Å². The molecule has 2 N–H and O–H groups in total. The van der Waals surface area contributed by atoms with Gasteiger partial charge in [-0.2, -0.15) is 5.10 Å². The normalized spacial score (nSPS) is 19.5. The molecule has 5 heteroatoms. The number of nitrogens with one attached hydrogen (secondary N) is 1. The fourth-order valence-corrected chi connectivity index (χ4v) is 3.28. The molecule has 5 nitrogen and oxygen atoms in total. The quantitative estimate of drug-likeness (QED) is 0.889. The molecule has 1 aromatic carbocycles. The van der Waals surface area contributed by atoms with Crippen LogP contribution in [0, 0.1) is 0 Å². The van der Waals surface area contributed by atoms with Crippen LogP contribution in [0.5, 0.6) is 5.75 Å². The van der Waals surface area contributed by atoms with Gasteiger partial charge in [-0.15, -0.1) is 5.10 Å². The molecule has 0 aliphatic carbocycles. The second kappa shape index (κ2) is 7.42. The maximum absolute atomic E-state index is 10.1. The number of benzene rings is 1. The third-order valence-corrected chi connectivity index (χ3v) is 4.46. The lowest BCUT2D eigenvalue weighted by Crippen LogP contribution is -2.47. The first-order chi connectivity index (χ1) is 11.3. The summed E-state index contributed by atoms with van der Waals surface area (Å²) in [5.74, 6) is 1.31. The summed E-state index contributed by atoms with van der Waals surface area (Å²) in [7, 11) is 0. The fraction of sp³-hybridized carbons (Fsp3) is 0.444. The summed E-state index contributed by atoms with van der Waals surface area (Å²) >= 11 is 0. The molecular weight excluding hydrogens is 288 g/mol. The van der Waals surface area contributed by atoms with Crippen LogP contribution in [0.25, 0.3) is 0 Å². The van der Waals surface area contributed by atoms with E-state index in [2.05, 4.69) is 27.3 Å². The lowest BCUT2D eigenvalue weighted by molar-refractivity contribution is 0.361. The zero-order chi connectivity index (χ0) is 16.1. The van der Waals surface area contributed by atoms with E-state index in [1.54, 1.807) is 12.3 Å². The molecule has 1 saturated heterocycles. The summed E-state index contributed by atoms with van der Waals surface area (Å²) in [6.07, 6.45) is 4.92. The van der Waals surface area contributed by atoms with Crippen molar-refractivity contribution < 1.29 is 5.11 Å². The first-order valence-electron chi connectivity index (χ1n) is 8.34. The molecule has 2 aromatic rings. The molecule has 0 radical (unpaired) electrons. The van der Waals surface area contributed by atoms with Crippen molar-refractivity contribution in [1.29, 1.82) is 0 Å². The second-order valence-corrected chi connectivity index (χ2v) is 6.05. The third kappa shape index (κ3) is 3.79. The number of phenolic OH excluding ortho intramolecular Hbond substituents is 1. The number of aromatic hydroxyl groups is 1. The molecule has 1 aliphatic rings. The van der Waals surface area contributed by atoms with Crippen LogP contribution in [0.4, 0.5) is 5.82 Å². The molecule has 1 aliphatic heterocycles. The summed E-state index contributed by atoms with van der Waals surface area (Å²) in [6.45, 7) is 4.08. The van der Waals surface area contributed by atoms with E-state index < -0.39 is 0 Å².